The second kappa shape index (κ2) is 7.34. The molecule has 1 N–H and O–H groups in total. The van der Waals surface area contributed by atoms with Crippen molar-refractivity contribution in [3.8, 4) is 22.5 Å². The van der Waals surface area contributed by atoms with Crippen LogP contribution in [0.3, 0.4) is 0 Å². The molecule has 1 aromatic carbocycles. The van der Waals surface area contributed by atoms with Gasteiger partial charge in [-0.3, -0.25) is 14.8 Å². The molecule has 0 aliphatic rings. The Morgan fingerprint density at radius 2 is 2.00 bits per heavy atom. The molecule has 0 radical (unpaired) electrons. The first-order chi connectivity index (χ1) is 14.0. The summed E-state index contributed by atoms with van der Waals surface area (Å²) >= 11 is 0. The topological polar surface area (TPSA) is 90.8 Å². The van der Waals surface area contributed by atoms with Gasteiger partial charge in [-0.15, -0.1) is 0 Å². The van der Waals surface area contributed by atoms with E-state index in [1.54, 1.807) is 42.2 Å². The number of carbonyl (C=O) groups excluding carboxylic acids is 1. The maximum Gasteiger partial charge on any atom is 0.296 e. The van der Waals surface area contributed by atoms with Crippen LogP contribution in [-0.2, 0) is 13.6 Å². The van der Waals surface area contributed by atoms with Crippen molar-refractivity contribution in [2.75, 3.05) is 5.32 Å². The molecule has 1 amide bonds. The summed E-state index contributed by atoms with van der Waals surface area (Å²) in [4.78, 5) is 16.8. The van der Waals surface area contributed by atoms with Crippen LogP contribution in [-0.4, -0.2) is 30.4 Å². The zero-order chi connectivity index (χ0) is 20.5. The van der Waals surface area contributed by atoms with Crippen molar-refractivity contribution in [3.05, 3.63) is 60.0 Å². The maximum absolute atomic E-state index is 13.1. The standard InChI is InChI=1S/C20H19FN6O2/c1-4-27-12(2)15(10-23-27)16-9-18(29-25-16)19(28)24-20-22-11-17(26(20)3)13-5-7-14(21)8-6-13/h5-11H,4H2,1-3H3,(H,22,24,28). The molecule has 9 heteroatoms. The van der Waals surface area contributed by atoms with Gasteiger partial charge in [0.25, 0.3) is 5.91 Å². The first-order valence-corrected chi connectivity index (χ1v) is 9.06. The number of carbonyl (C=O) groups is 1. The van der Waals surface area contributed by atoms with Gasteiger partial charge in [-0.2, -0.15) is 5.10 Å². The summed E-state index contributed by atoms with van der Waals surface area (Å²) in [6.07, 6.45) is 3.31. The van der Waals surface area contributed by atoms with E-state index in [2.05, 4.69) is 20.6 Å². The molecule has 0 aliphatic heterocycles. The lowest BCUT2D eigenvalue weighted by molar-refractivity contribution is 0.0987. The number of aromatic nitrogens is 5. The summed E-state index contributed by atoms with van der Waals surface area (Å²) in [6, 6.07) is 7.63. The van der Waals surface area contributed by atoms with Crippen LogP contribution in [0.25, 0.3) is 22.5 Å². The zero-order valence-electron chi connectivity index (χ0n) is 16.2. The first-order valence-electron chi connectivity index (χ1n) is 9.06. The van der Waals surface area contributed by atoms with E-state index in [9.17, 15) is 9.18 Å². The highest BCUT2D eigenvalue weighted by Gasteiger charge is 2.19. The molecule has 0 fully saturated rings. The highest BCUT2D eigenvalue weighted by molar-refractivity contribution is 6.02. The fourth-order valence-electron chi connectivity index (χ4n) is 3.10. The average molecular weight is 394 g/mol. The van der Waals surface area contributed by atoms with Gasteiger partial charge in [0.1, 0.15) is 11.5 Å². The fourth-order valence-corrected chi connectivity index (χ4v) is 3.10. The molecule has 0 saturated heterocycles. The second-order valence-electron chi connectivity index (χ2n) is 6.52. The van der Waals surface area contributed by atoms with E-state index in [0.717, 1.165) is 29.1 Å². The number of anilines is 1. The van der Waals surface area contributed by atoms with Gasteiger partial charge in [0.15, 0.2) is 0 Å². The van der Waals surface area contributed by atoms with Crippen molar-refractivity contribution >= 4 is 11.9 Å². The predicted octanol–water partition coefficient (Wildman–Crippen LogP) is 3.66. The van der Waals surface area contributed by atoms with Crippen molar-refractivity contribution in [2.45, 2.75) is 20.4 Å². The molecule has 0 saturated carbocycles. The Morgan fingerprint density at radius 3 is 2.69 bits per heavy atom. The Balaban J connectivity index is 1.54. The molecule has 4 rings (SSSR count). The number of aryl methyl sites for hydroxylation is 1. The number of rotatable bonds is 5. The normalized spacial score (nSPS) is 11.0. The van der Waals surface area contributed by atoms with Gasteiger partial charge >= 0.3 is 0 Å². The monoisotopic (exact) mass is 394 g/mol. The van der Waals surface area contributed by atoms with Gasteiger partial charge in [-0.1, -0.05) is 5.16 Å². The van der Waals surface area contributed by atoms with Crippen molar-refractivity contribution < 1.29 is 13.7 Å². The zero-order valence-corrected chi connectivity index (χ0v) is 16.2. The van der Waals surface area contributed by atoms with Gasteiger partial charge in [0.05, 0.1) is 18.1 Å². The number of nitrogens with one attached hydrogen (secondary N) is 1. The van der Waals surface area contributed by atoms with Gasteiger partial charge in [-0.25, -0.2) is 9.37 Å². The minimum Gasteiger partial charge on any atom is -0.350 e. The predicted molar refractivity (Wildman–Crippen MR) is 105 cm³/mol. The smallest absolute Gasteiger partial charge is 0.296 e. The summed E-state index contributed by atoms with van der Waals surface area (Å²) < 4.78 is 21.9. The lowest BCUT2D eigenvalue weighted by Crippen LogP contribution is -2.14. The number of hydrogen-bond donors (Lipinski definition) is 1. The third-order valence-corrected chi connectivity index (χ3v) is 4.77. The molecule has 0 bridgehead atoms. The summed E-state index contributed by atoms with van der Waals surface area (Å²) in [5, 5.41) is 11.0. The Bertz CT molecular complexity index is 1170. The van der Waals surface area contributed by atoms with Crippen LogP contribution in [0.15, 0.2) is 47.2 Å². The third kappa shape index (κ3) is 3.42. The van der Waals surface area contributed by atoms with Gasteiger partial charge < -0.3 is 9.09 Å². The van der Waals surface area contributed by atoms with Crippen molar-refractivity contribution in [3.63, 3.8) is 0 Å². The molecule has 29 heavy (non-hydrogen) atoms. The van der Waals surface area contributed by atoms with Crippen LogP contribution in [0.5, 0.6) is 0 Å². The van der Waals surface area contributed by atoms with E-state index >= 15 is 0 Å². The van der Waals surface area contributed by atoms with E-state index in [1.165, 1.54) is 12.1 Å². The van der Waals surface area contributed by atoms with Crippen LogP contribution in [0.1, 0.15) is 23.2 Å². The second-order valence-corrected chi connectivity index (χ2v) is 6.52. The minimum absolute atomic E-state index is 0.0648. The fraction of sp³-hybridized carbons (Fsp3) is 0.200. The Hall–Kier alpha value is -3.75. The Morgan fingerprint density at radius 1 is 1.24 bits per heavy atom. The molecule has 0 aliphatic carbocycles. The molecule has 148 valence electrons. The minimum atomic E-state index is -0.469. The van der Waals surface area contributed by atoms with Gasteiger partial charge in [0, 0.05) is 36.5 Å². The van der Waals surface area contributed by atoms with E-state index < -0.39 is 5.91 Å². The summed E-state index contributed by atoms with van der Waals surface area (Å²) in [5.74, 6) is -0.383. The largest absolute Gasteiger partial charge is 0.350 e. The molecule has 3 aromatic heterocycles. The molecule has 8 nitrogen and oxygen atoms in total. The van der Waals surface area contributed by atoms with Crippen LogP contribution in [0, 0.1) is 12.7 Å². The lowest BCUT2D eigenvalue weighted by atomic mass is 10.2. The number of hydrogen-bond acceptors (Lipinski definition) is 5. The quantitative estimate of drug-likeness (QED) is 0.558. The van der Waals surface area contributed by atoms with E-state index in [4.69, 9.17) is 4.52 Å². The highest BCUT2D eigenvalue weighted by Crippen LogP contribution is 2.25. The van der Waals surface area contributed by atoms with E-state index in [1.807, 2.05) is 18.5 Å². The van der Waals surface area contributed by atoms with Crippen molar-refractivity contribution in [1.29, 1.82) is 0 Å². The third-order valence-electron chi connectivity index (χ3n) is 4.77. The van der Waals surface area contributed by atoms with Crippen LogP contribution >= 0.6 is 0 Å². The molecule has 0 atom stereocenters. The van der Waals surface area contributed by atoms with E-state index in [0.29, 0.717) is 11.6 Å². The molecule has 0 unspecified atom stereocenters. The van der Waals surface area contributed by atoms with Crippen molar-refractivity contribution in [1.82, 2.24) is 24.5 Å². The van der Waals surface area contributed by atoms with Crippen LogP contribution < -0.4 is 5.32 Å². The molecular weight excluding hydrogens is 375 g/mol. The Labute approximate surface area is 166 Å². The van der Waals surface area contributed by atoms with E-state index in [-0.39, 0.29) is 11.6 Å². The molecule has 4 aromatic rings. The summed E-state index contributed by atoms with van der Waals surface area (Å²) in [5.41, 5.74) is 3.82. The summed E-state index contributed by atoms with van der Waals surface area (Å²) in [6.45, 7) is 4.68. The maximum atomic E-state index is 13.1. The average Bonchev–Trinajstić information content (AvgIpc) is 3.42. The molecule has 0 spiro atoms. The van der Waals surface area contributed by atoms with Gasteiger partial charge in [0.2, 0.25) is 11.7 Å². The number of imidazole rings is 1. The number of amides is 1. The molecule has 3 heterocycles. The van der Waals surface area contributed by atoms with Crippen LogP contribution in [0.2, 0.25) is 0 Å². The number of nitrogens with zero attached hydrogens (tertiary/aromatic N) is 5. The number of halogens is 1. The van der Waals surface area contributed by atoms with Crippen LogP contribution in [0.4, 0.5) is 10.3 Å². The SMILES string of the molecule is CCn1ncc(-c2cc(C(=O)Nc3ncc(-c4ccc(F)cc4)n3C)on2)c1C. The molecular formula is C20H19FN6O2. The highest BCUT2D eigenvalue weighted by atomic mass is 19.1. The lowest BCUT2D eigenvalue weighted by Gasteiger charge is -2.06. The number of benzene rings is 1. The summed E-state index contributed by atoms with van der Waals surface area (Å²) in [7, 11) is 1.76. The van der Waals surface area contributed by atoms with Crippen molar-refractivity contribution in [2.24, 2.45) is 7.05 Å². The van der Waals surface area contributed by atoms with Gasteiger partial charge in [-0.05, 0) is 38.1 Å². The Kier molecular flexibility index (Phi) is 4.71. The first kappa shape index (κ1) is 18.6.